The lowest BCUT2D eigenvalue weighted by molar-refractivity contribution is 0.00110. The molecule has 22 heavy (non-hydrogen) atoms. The average Bonchev–Trinajstić information content (AvgIpc) is 2.54. The summed E-state index contributed by atoms with van der Waals surface area (Å²) in [5, 5.41) is 0.812. The molecule has 0 spiro atoms. The topological polar surface area (TPSA) is 57.4 Å². The molecule has 2 heterocycles. The van der Waals surface area contributed by atoms with Gasteiger partial charge in [0, 0.05) is 17.0 Å². The van der Waals surface area contributed by atoms with Crippen molar-refractivity contribution in [1.29, 1.82) is 0 Å². The van der Waals surface area contributed by atoms with Gasteiger partial charge in [0.25, 0.3) is 0 Å². The summed E-state index contributed by atoms with van der Waals surface area (Å²) in [7, 11) is 1.61. The Bertz CT molecular complexity index is 654. The SMILES string of the molecule is COc1cnc2ccc(F)cc2c1CC[C@@H]1CC[C@@H](N)CO1. The van der Waals surface area contributed by atoms with E-state index < -0.39 is 0 Å². The van der Waals surface area contributed by atoms with E-state index in [2.05, 4.69) is 4.98 Å². The summed E-state index contributed by atoms with van der Waals surface area (Å²) in [6, 6.07) is 4.81. The van der Waals surface area contributed by atoms with E-state index in [1.807, 2.05) is 0 Å². The van der Waals surface area contributed by atoms with Gasteiger partial charge >= 0.3 is 0 Å². The van der Waals surface area contributed by atoms with Crippen LogP contribution in [0.1, 0.15) is 24.8 Å². The van der Waals surface area contributed by atoms with Crippen molar-refractivity contribution in [2.75, 3.05) is 13.7 Å². The highest BCUT2D eigenvalue weighted by Crippen LogP contribution is 2.29. The monoisotopic (exact) mass is 304 g/mol. The molecule has 1 saturated heterocycles. The van der Waals surface area contributed by atoms with Crippen molar-refractivity contribution < 1.29 is 13.9 Å². The van der Waals surface area contributed by atoms with Crippen LogP contribution in [-0.2, 0) is 11.2 Å². The van der Waals surface area contributed by atoms with Gasteiger partial charge in [-0.25, -0.2) is 4.39 Å². The second-order valence-electron chi connectivity index (χ2n) is 5.80. The molecule has 1 aromatic heterocycles. The van der Waals surface area contributed by atoms with E-state index in [0.717, 1.165) is 42.1 Å². The number of methoxy groups -OCH3 is 1. The Kier molecular flexibility index (Phi) is 4.55. The zero-order chi connectivity index (χ0) is 15.5. The summed E-state index contributed by atoms with van der Waals surface area (Å²) in [4.78, 5) is 4.32. The van der Waals surface area contributed by atoms with Crippen molar-refractivity contribution in [3.63, 3.8) is 0 Å². The number of rotatable bonds is 4. The number of aromatic nitrogens is 1. The van der Waals surface area contributed by atoms with Crippen LogP contribution in [0.2, 0.25) is 0 Å². The van der Waals surface area contributed by atoms with Crippen LogP contribution in [0.4, 0.5) is 4.39 Å². The van der Waals surface area contributed by atoms with E-state index in [1.54, 1.807) is 19.4 Å². The van der Waals surface area contributed by atoms with Crippen molar-refractivity contribution in [3.05, 3.63) is 35.8 Å². The predicted molar refractivity (Wildman–Crippen MR) is 83.5 cm³/mol. The van der Waals surface area contributed by atoms with Crippen molar-refractivity contribution in [2.24, 2.45) is 5.73 Å². The Morgan fingerprint density at radius 1 is 1.41 bits per heavy atom. The molecule has 1 aliphatic rings. The van der Waals surface area contributed by atoms with E-state index in [1.165, 1.54) is 12.1 Å². The van der Waals surface area contributed by atoms with Crippen LogP contribution in [0.3, 0.4) is 0 Å². The average molecular weight is 304 g/mol. The van der Waals surface area contributed by atoms with Gasteiger partial charge in [0.2, 0.25) is 0 Å². The third kappa shape index (κ3) is 3.20. The molecule has 0 radical (unpaired) electrons. The quantitative estimate of drug-likeness (QED) is 0.943. The number of pyridine rings is 1. The fourth-order valence-electron chi connectivity index (χ4n) is 2.99. The van der Waals surface area contributed by atoms with Gasteiger partial charge in [-0.2, -0.15) is 0 Å². The van der Waals surface area contributed by atoms with Crippen molar-refractivity contribution in [3.8, 4) is 5.75 Å². The van der Waals surface area contributed by atoms with Crippen LogP contribution in [0.15, 0.2) is 24.4 Å². The van der Waals surface area contributed by atoms with Crippen LogP contribution in [0.5, 0.6) is 5.75 Å². The van der Waals surface area contributed by atoms with E-state index >= 15 is 0 Å². The molecule has 4 nitrogen and oxygen atoms in total. The normalized spacial score (nSPS) is 22.0. The van der Waals surface area contributed by atoms with Crippen LogP contribution in [0, 0.1) is 5.82 Å². The molecule has 1 fully saturated rings. The first-order valence-corrected chi connectivity index (χ1v) is 7.65. The smallest absolute Gasteiger partial charge is 0.140 e. The number of halogens is 1. The second-order valence-corrected chi connectivity index (χ2v) is 5.80. The minimum atomic E-state index is -0.260. The summed E-state index contributed by atoms with van der Waals surface area (Å²) in [6.45, 7) is 0.619. The maximum atomic E-state index is 13.6. The molecule has 2 atom stereocenters. The standard InChI is InChI=1S/C17H21FN2O2/c1-21-17-9-20-16-7-2-11(18)8-15(16)14(17)6-5-13-4-3-12(19)10-22-13/h2,7-9,12-13H,3-6,10,19H2,1H3/t12-,13+/m1/s1. The van der Waals surface area contributed by atoms with Gasteiger partial charge in [0.05, 0.1) is 31.5 Å². The van der Waals surface area contributed by atoms with Gasteiger partial charge in [0.15, 0.2) is 0 Å². The number of fused-ring (bicyclic) bond motifs is 1. The minimum absolute atomic E-state index is 0.154. The fourth-order valence-corrected chi connectivity index (χ4v) is 2.99. The largest absolute Gasteiger partial charge is 0.495 e. The summed E-state index contributed by atoms with van der Waals surface area (Å²) in [5.74, 6) is 0.439. The number of aryl methyl sites for hydroxylation is 1. The Labute approximate surface area is 129 Å². The molecule has 1 aromatic carbocycles. The third-order valence-electron chi connectivity index (χ3n) is 4.24. The number of nitrogens with zero attached hydrogens (tertiary/aromatic N) is 1. The molecule has 1 aliphatic heterocycles. The predicted octanol–water partition coefficient (Wildman–Crippen LogP) is 2.82. The van der Waals surface area contributed by atoms with E-state index in [-0.39, 0.29) is 18.0 Å². The molecule has 2 N–H and O–H groups in total. The first kappa shape index (κ1) is 15.2. The van der Waals surface area contributed by atoms with Crippen LogP contribution < -0.4 is 10.5 Å². The van der Waals surface area contributed by atoms with Crippen LogP contribution in [0.25, 0.3) is 10.9 Å². The molecule has 0 bridgehead atoms. The second kappa shape index (κ2) is 6.58. The first-order valence-electron chi connectivity index (χ1n) is 7.65. The molecule has 0 saturated carbocycles. The molecule has 0 aliphatic carbocycles. The number of benzene rings is 1. The number of hydrogen-bond donors (Lipinski definition) is 1. The highest BCUT2D eigenvalue weighted by Gasteiger charge is 2.20. The Morgan fingerprint density at radius 2 is 2.27 bits per heavy atom. The fraction of sp³-hybridized carbons (Fsp3) is 0.471. The van der Waals surface area contributed by atoms with E-state index in [9.17, 15) is 4.39 Å². The Hall–Kier alpha value is -1.72. The van der Waals surface area contributed by atoms with Gasteiger partial charge in [-0.05, 0) is 43.9 Å². The third-order valence-corrected chi connectivity index (χ3v) is 4.24. The molecule has 0 unspecified atom stereocenters. The van der Waals surface area contributed by atoms with Crippen molar-refractivity contribution >= 4 is 10.9 Å². The van der Waals surface area contributed by atoms with Gasteiger partial charge in [-0.1, -0.05) is 0 Å². The lowest BCUT2D eigenvalue weighted by Gasteiger charge is -2.27. The molecule has 0 amide bonds. The maximum absolute atomic E-state index is 13.6. The van der Waals surface area contributed by atoms with E-state index in [0.29, 0.717) is 12.4 Å². The summed E-state index contributed by atoms with van der Waals surface area (Å²) in [6.07, 6.45) is 5.52. The molecule has 5 heteroatoms. The minimum Gasteiger partial charge on any atom is -0.495 e. The van der Waals surface area contributed by atoms with Gasteiger partial charge in [-0.3, -0.25) is 4.98 Å². The molecular weight excluding hydrogens is 283 g/mol. The van der Waals surface area contributed by atoms with Crippen molar-refractivity contribution in [2.45, 2.75) is 37.8 Å². The highest BCUT2D eigenvalue weighted by molar-refractivity contribution is 5.84. The maximum Gasteiger partial charge on any atom is 0.140 e. The number of nitrogens with two attached hydrogens (primary N) is 1. The van der Waals surface area contributed by atoms with Gasteiger partial charge in [-0.15, -0.1) is 0 Å². The van der Waals surface area contributed by atoms with Crippen molar-refractivity contribution in [1.82, 2.24) is 4.98 Å². The summed E-state index contributed by atoms with van der Waals surface area (Å²) < 4.78 is 24.8. The number of hydrogen-bond acceptors (Lipinski definition) is 4. The highest BCUT2D eigenvalue weighted by atomic mass is 19.1. The summed E-state index contributed by atoms with van der Waals surface area (Å²) in [5.41, 5.74) is 7.62. The molecule has 118 valence electrons. The molecular formula is C17H21FN2O2. The lowest BCUT2D eigenvalue weighted by atomic mass is 9.97. The zero-order valence-corrected chi connectivity index (χ0v) is 12.7. The Morgan fingerprint density at radius 3 is 3.00 bits per heavy atom. The van der Waals surface area contributed by atoms with E-state index in [4.69, 9.17) is 15.2 Å². The molecule has 2 aromatic rings. The Balaban J connectivity index is 1.83. The lowest BCUT2D eigenvalue weighted by Crippen LogP contribution is -2.35. The van der Waals surface area contributed by atoms with Gasteiger partial charge in [0.1, 0.15) is 11.6 Å². The summed E-state index contributed by atoms with van der Waals surface area (Å²) >= 11 is 0. The molecule has 3 rings (SSSR count). The first-order chi connectivity index (χ1) is 10.7. The van der Waals surface area contributed by atoms with Crippen LogP contribution in [-0.4, -0.2) is 30.8 Å². The zero-order valence-electron chi connectivity index (χ0n) is 12.7. The number of ether oxygens (including phenoxy) is 2. The van der Waals surface area contributed by atoms with Crippen LogP contribution >= 0.6 is 0 Å². The van der Waals surface area contributed by atoms with Gasteiger partial charge < -0.3 is 15.2 Å².